The molecule has 2 heterocycles. The number of hydrogen-bond donors (Lipinski definition) is 2. The number of aryl methyl sites for hydroxylation is 2. The summed E-state index contributed by atoms with van der Waals surface area (Å²) in [4.78, 5) is 29.2. The van der Waals surface area contributed by atoms with Crippen molar-refractivity contribution in [2.75, 3.05) is 19.6 Å². The van der Waals surface area contributed by atoms with E-state index in [1.54, 1.807) is 23.2 Å². The Balaban J connectivity index is 1.63. The Morgan fingerprint density at radius 3 is 2.86 bits per heavy atom. The summed E-state index contributed by atoms with van der Waals surface area (Å²) in [5.41, 5.74) is 0.254. The third-order valence-corrected chi connectivity index (χ3v) is 5.06. The average molecular weight is 325 g/mol. The summed E-state index contributed by atoms with van der Waals surface area (Å²) in [6.45, 7) is 5.09. The first kappa shape index (κ1) is 16.7. The molecule has 1 aromatic rings. The highest BCUT2D eigenvalue weighted by atomic mass is 32.1. The molecule has 1 aliphatic rings. The number of aliphatic carboxylic acids is 1. The Hall–Kier alpha value is -1.63. The Kier molecular flexibility index (Phi) is 5.39. The number of amides is 2. The highest BCUT2D eigenvalue weighted by molar-refractivity contribution is 7.09. The van der Waals surface area contributed by atoms with Crippen LogP contribution in [0.15, 0.2) is 5.38 Å². The lowest BCUT2D eigenvalue weighted by Crippen LogP contribution is -2.41. The molecule has 1 atom stereocenters. The molecule has 1 unspecified atom stereocenters. The summed E-state index contributed by atoms with van der Waals surface area (Å²) in [5.74, 6) is -0.832. The number of likely N-dealkylation sites (tertiary alicyclic amines) is 1. The van der Waals surface area contributed by atoms with E-state index in [1.807, 2.05) is 12.3 Å². The molecular weight excluding hydrogens is 302 g/mol. The SMILES string of the molecule is Cc1csc(CCCCNC(=O)N2CCC(C)(C(=O)O)C2)n1. The number of carbonyl (C=O) groups excluding carboxylic acids is 1. The van der Waals surface area contributed by atoms with Gasteiger partial charge in [-0.1, -0.05) is 0 Å². The Morgan fingerprint density at radius 1 is 1.50 bits per heavy atom. The molecule has 7 heteroatoms. The maximum atomic E-state index is 12.0. The van der Waals surface area contributed by atoms with Crippen molar-refractivity contribution in [3.8, 4) is 0 Å². The molecule has 1 saturated heterocycles. The molecule has 2 amide bonds. The number of aromatic nitrogens is 1. The van der Waals surface area contributed by atoms with Crippen LogP contribution >= 0.6 is 11.3 Å². The van der Waals surface area contributed by atoms with Crippen LogP contribution in [0.2, 0.25) is 0 Å². The summed E-state index contributed by atoms with van der Waals surface area (Å²) in [6.07, 6.45) is 3.34. The highest BCUT2D eigenvalue weighted by Gasteiger charge is 2.42. The monoisotopic (exact) mass is 325 g/mol. The molecule has 0 radical (unpaired) electrons. The molecule has 2 N–H and O–H groups in total. The van der Waals surface area contributed by atoms with E-state index in [4.69, 9.17) is 5.11 Å². The van der Waals surface area contributed by atoms with Crippen LogP contribution in [0.5, 0.6) is 0 Å². The first-order valence-corrected chi connectivity index (χ1v) is 8.46. The fraction of sp³-hybridized carbons (Fsp3) is 0.667. The first-order chi connectivity index (χ1) is 10.4. The Bertz CT molecular complexity index is 546. The van der Waals surface area contributed by atoms with Crippen molar-refractivity contribution in [2.24, 2.45) is 5.41 Å². The fourth-order valence-corrected chi connectivity index (χ4v) is 3.35. The van der Waals surface area contributed by atoms with Crippen molar-refractivity contribution < 1.29 is 14.7 Å². The number of urea groups is 1. The molecule has 1 aromatic heterocycles. The molecule has 122 valence electrons. The van der Waals surface area contributed by atoms with Crippen LogP contribution < -0.4 is 5.32 Å². The molecule has 0 spiro atoms. The van der Waals surface area contributed by atoms with Crippen molar-refractivity contribution in [3.63, 3.8) is 0 Å². The van der Waals surface area contributed by atoms with Crippen LogP contribution in [-0.4, -0.2) is 46.6 Å². The molecule has 22 heavy (non-hydrogen) atoms. The zero-order chi connectivity index (χ0) is 16.2. The van der Waals surface area contributed by atoms with Gasteiger partial charge in [-0.25, -0.2) is 9.78 Å². The van der Waals surface area contributed by atoms with Gasteiger partial charge in [0.05, 0.1) is 10.4 Å². The van der Waals surface area contributed by atoms with Gasteiger partial charge in [-0.15, -0.1) is 11.3 Å². The van der Waals surface area contributed by atoms with Crippen LogP contribution in [0.3, 0.4) is 0 Å². The fourth-order valence-electron chi connectivity index (χ4n) is 2.53. The molecule has 0 aromatic carbocycles. The van der Waals surface area contributed by atoms with Gasteiger partial charge in [0.15, 0.2) is 0 Å². The average Bonchev–Trinajstić information content (AvgIpc) is 3.05. The van der Waals surface area contributed by atoms with E-state index in [0.717, 1.165) is 30.0 Å². The van der Waals surface area contributed by atoms with Crippen molar-refractivity contribution >= 4 is 23.3 Å². The van der Waals surface area contributed by atoms with Gasteiger partial charge in [-0.05, 0) is 39.5 Å². The predicted octanol–water partition coefficient (Wildman–Crippen LogP) is 2.28. The van der Waals surface area contributed by atoms with E-state index in [9.17, 15) is 9.59 Å². The Morgan fingerprint density at radius 2 is 2.27 bits per heavy atom. The van der Waals surface area contributed by atoms with Crippen LogP contribution in [0.1, 0.15) is 36.9 Å². The number of carboxylic acid groups (broad SMARTS) is 1. The zero-order valence-electron chi connectivity index (χ0n) is 13.1. The minimum absolute atomic E-state index is 0.157. The summed E-state index contributed by atoms with van der Waals surface area (Å²) in [6, 6.07) is -0.157. The van der Waals surface area contributed by atoms with Crippen LogP contribution in [0, 0.1) is 12.3 Å². The molecule has 0 bridgehead atoms. The molecular formula is C15H23N3O3S. The number of nitrogens with one attached hydrogen (secondary N) is 1. The van der Waals surface area contributed by atoms with Gasteiger partial charge < -0.3 is 15.3 Å². The minimum atomic E-state index is -0.832. The van der Waals surface area contributed by atoms with E-state index in [2.05, 4.69) is 10.3 Å². The molecule has 0 aliphatic carbocycles. The van der Waals surface area contributed by atoms with Gasteiger partial charge in [0.1, 0.15) is 0 Å². The molecule has 6 nitrogen and oxygen atoms in total. The highest BCUT2D eigenvalue weighted by Crippen LogP contribution is 2.29. The molecule has 1 aliphatic heterocycles. The van der Waals surface area contributed by atoms with Crippen molar-refractivity contribution in [1.82, 2.24) is 15.2 Å². The number of nitrogens with zero attached hydrogens (tertiary/aromatic N) is 2. The van der Waals surface area contributed by atoms with Crippen LogP contribution in [0.4, 0.5) is 4.79 Å². The smallest absolute Gasteiger partial charge is 0.317 e. The van der Waals surface area contributed by atoms with Gasteiger partial charge >= 0.3 is 12.0 Å². The van der Waals surface area contributed by atoms with Crippen LogP contribution in [0.25, 0.3) is 0 Å². The third kappa shape index (κ3) is 4.19. The number of unbranched alkanes of at least 4 members (excludes halogenated alkanes) is 1. The number of carbonyl (C=O) groups is 2. The number of carboxylic acids is 1. The van der Waals surface area contributed by atoms with Gasteiger partial charge in [0, 0.05) is 30.7 Å². The summed E-state index contributed by atoms with van der Waals surface area (Å²) in [7, 11) is 0. The third-order valence-electron chi connectivity index (χ3n) is 4.04. The lowest BCUT2D eigenvalue weighted by Gasteiger charge is -2.20. The van der Waals surface area contributed by atoms with E-state index in [-0.39, 0.29) is 12.6 Å². The molecule has 2 rings (SSSR count). The van der Waals surface area contributed by atoms with Crippen LogP contribution in [-0.2, 0) is 11.2 Å². The quantitative estimate of drug-likeness (QED) is 0.786. The van der Waals surface area contributed by atoms with Gasteiger partial charge in [0.25, 0.3) is 0 Å². The lowest BCUT2D eigenvalue weighted by molar-refractivity contribution is -0.146. The largest absolute Gasteiger partial charge is 0.481 e. The number of hydrogen-bond acceptors (Lipinski definition) is 4. The van der Waals surface area contributed by atoms with E-state index < -0.39 is 11.4 Å². The second-order valence-corrected chi connectivity index (χ2v) is 7.05. The topological polar surface area (TPSA) is 82.5 Å². The van der Waals surface area contributed by atoms with E-state index >= 15 is 0 Å². The standard InChI is InChI=1S/C15H23N3O3S/c1-11-9-22-12(17-11)5-3-4-7-16-14(21)18-8-6-15(2,10-18)13(19)20/h9H,3-8,10H2,1-2H3,(H,16,21)(H,19,20). The lowest BCUT2D eigenvalue weighted by atomic mass is 9.90. The second-order valence-electron chi connectivity index (χ2n) is 6.11. The maximum Gasteiger partial charge on any atom is 0.317 e. The predicted molar refractivity (Wildman–Crippen MR) is 85.1 cm³/mol. The van der Waals surface area contributed by atoms with Crippen molar-refractivity contribution in [2.45, 2.75) is 39.5 Å². The summed E-state index contributed by atoms with van der Waals surface area (Å²) in [5, 5.41) is 15.2. The first-order valence-electron chi connectivity index (χ1n) is 7.58. The van der Waals surface area contributed by atoms with E-state index in [0.29, 0.717) is 19.5 Å². The normalized spacial score (nSPS) is 21.1. The summed E-state index contributed by atoms with van der Waals surface area (Å²) < 4.78 is 0. The second kappa shape index (κ2) is 7.09. The molecule has 1 fully saturated rings. The zero-order valence-corrected chi connectivity index (χ0v) is 13.9. The van der Waals surface area contributed by atoms with Gasteiger partial charge in [-0.3, -0.25) is 4.79 Å². The summed E-state index contributed by atoms with van der Waals surface area (Å²) >= 11 is 1.67. The minimum Gasteiger partial charge on any atom is -0.481 e. The Labute approximate surface area is 134 Å². The van der Waals surface area contributed by atoms with Crippen molar-refractivity contribution in [3.05, 3.63) is 16.1 Å². The molecule has 0 saturated carbocycles. The number of rotatable bonds is 6. The van der Waals surface area contributed by atoms with Gasteiger partial charge in [0.2, 0.25) is 0 Å². The van der Waals surface area contributed by atoms with Gasteiger partial charge in [-0.2, -0.15) is 0 Å². The van der Waals surface area contributed by atoms with Crippen molar-refractivity contribution in [1.29, 1.82) is 0 Å². The number of thiazole rings is 1. The van der Waals surface area contributed by atoms with E-state index in [1.165, 1.54) is 0 Å². The maximum absolute atomic E-state index is 12.0.